The topological polar surface area (TPSA) is 86.5 Å². The summed E-state index contributed by atoms with van der Waals surface area (Å²) in [6.07, 6.45) is -1.55. The second-order valence-corrected chi connectivity index (χ2v) is 7.70. The minimum atomic E-state index is -4.45. The van der Waals surface area contributed by atoms with Gasteiger partial charge in [-0.05, 0) is 41.3 Å². The van der Waals surface area contributed by atoms with Crippen LogP contribution >= 0.6 is 0 Å². The van der Waals surface area contributed by atoms with Crippen LogP contribution in [0.4, 0.5) is 13.2 Å². The zero-order valence-electron chi connectivity index (χ0n) is 18.4. The van der Waals surface area contributed by atoms with E-state index in [0.717, 1.165) is 23.5 Å². The van der Waals surface area contributed by atoms with Gasteiger partial charge in [-0.1, -0.05) is 19.9 Å². The van der Waals surface area contributed by atoms with E-state index in [0.29, 0.717) is 30.1 Å². The monoisotopic (exact) mass is 463 g/mol. The molecule has 33 heavy (non-hydrogen) atoms. The van der Waals surface area contributed by atoms with E-state index in [9.17, 15) is 18.0 Å². The normalized spacial score (nSPS) is 11.6. The van der Waals surface area contributed by atoms with Crippen LogP contribution in [0.3, 0.4) is 0 Å². The molecular formula is C23H24F3N3O4. The Labute approximate surface area is 188 Å². The summed E-state index contributed by atoms with van der Waals surface area (Å²) in [4.78, 5) is 14.8. The van der Waals surface area contributed by atoms with Crippen LogP contribution in [0.5, 0.6) is 11.5 Å². The van der Waals surface area contributed by atoms with Crippen LogP contribution < -0.4 is 9.47 Å². The van der Waals surface area contributed by atoms with E-state index in [1.54, 1.807) is 24.4 Å². The van der Waals surface area contributed by atoms with Crippen LogP contribution in [0.25, 0.3) is 5.82 Å². The molecule has 176 valence electrons. The Bertz CT molecular complexity index is 1110. The van der Waals surface area contributed by atoms with Gasteiger partial charge in [0.1, 0.15) is 0 Å². The number of carboxylic acids is 1. The van der Waals surface area contributed by atoms with Gasteiger partial charge in [-0.15, -0.1) is 0 Å². The number of pyridine rings is 1. The maximum absolute atomic E-state index is 12.8. The first-order chi connectivity index (χ1) is 15.6. The highest BCUT2D eigenvalue weighted by atomic mass is 19.4. The van der Waals surface area contributed by atoms with E-state index in [2.05, 4.69) is 10.1 Å². The Morgan fingerprint density at radius 3 is 2.52 bits per heavy atom. The molecule has 3 rings (SSSR count). The molecule has 2 heterocycles. The fraction of sp³-hybridized carbons (Fsp3) is 0.348. The van der Waals surface area contributed by atoms with Crippen LogP contribution in [-0.2, 0) is 23.8 Å². The van der Waals surface area contributed by atoms with Crippen molar-refractivity contribution in [1.29, 1.82) is 0 Å². The maximum Gasteiger partial charge on any atom is 0.417 e. The zero-order valence-corrected chi connectivity index (χ0v) is 18.4. The molecule has 0 saturated carbocycles. The lowest BCUT2D eigenvalue weighted by atomic mass is 10.0. The Morgan fingerprint density at radius 2 is 1.94 bits per heavy atom. The first kappa shape index (κ1) is 24.1. The Hall–Kier alpha value is -3.56. The van der Waals surface area contributed by atoms with Crippen molar-refractivity contribution >= 4 is 5.97 Å². The molecule has 0 aliphatic carbocycles. The molecule has 0 bridgehead atoms. The van der Waals surface area contributed by atoms with Crippen LogP contribution in [0.15, 0.2) is 42.7 Å². The number of methoxy groups -OCH3 is 1. The smallest absolute Gasteiger partial charge is 0.417 e. The summed E-state index contributed by atoms with van der Waals surface area (Å²) < 4.78 is 51.0. The summed E-state index contributed by atoms with van der Waals surface area (Å²) >= 11 is 0. The van der Waals surface area contributed by atoms with Gasteiger partial charge in [0.15, 0.2) is 17.3 Å². The zero-order chi connectivity index (χ0) is 24.2. The highest BCUT2D eigenvalue weighted by Gasteiger charge is 2.30. The average Bonchev–Trinajstić information content (AvgIpc) is 3.18. The highest BCUT2D eigenvalue weighted by molar-refractivity contribution is 5.70. The molecule has 1 N–H and O–H groups in total. The molecule has 1 aromatic carbocycles. The minimum absolute atomic E-state index is 0.0838. The second kappa shape index (κ2) is 9.93. The number of halogens is 3. The van der Waals surface area contributed by atoms with Crippen molar-refractivity contribution in [3.63, 3.8) is 0 Å². The number of ether oxygens (including phenoxy) is 2. The number of carboxylic acid groups (broad SMARTS) is 1. The quantitative estimate of drug-likeness (QED) is 0.497. The van der Waals surface area contributed by atoms with Gasteiger partial charge in [0.05, 0.1) is 31.4 Å². The summed E-state index contributed by atoms with van der Waals surface area (Å²) in [5.74, 6) is 0.344. The van der Waals surface area contributed by atoms with Crippen LogP contribution in [0.1, 0.15) is 42.1 Å². The van der Waals surface area contributed by atoms with Gasteiger partial charge in [-0.25, -0.2) is 9.67 Å². The fourth-order valence-corrected chi connectivity index (χ4v) is 3.30. The number of hydrogen-bond donors (Lipinski definition) is 1. The van der Waals surface area contributed by atoms with Crippen LogP contribution in [-0.4, -0.2) is 39.6 Å². The van der Waals surface area contributed by atoms with E-state index in [1.165, 1.54) is 17.9 Å². The van der Waals surface area contributed by atoms with Crippen molar-refractivity contribution < 1.29 is 32.5 Å². The molecule has 0 atom stereocenters. The summed E-state index contributed by atoms with van der Waals surface area (Å²) in [5.41, 5.74) is 1.45. The molecule has 0 amide bonds. The predicted molar refractivity (Wildman–Crippen MR) is 114 cm³/mol. The van der Waals surface area contributed by atoms with Crippen LogP contribution in [0.2, 0.25) is 0 Å². The number of alkyl halides is 3. The van der Waals surface area contributed by atoms with Crippen molar-refractivity contribution in [3.05, 3.63) is 65.1 Å². The largest absolute Gasteiger partial charge is 0.493 e. The van der Waals surface area contributed by atoms with E-state index < -0.39 is 17.7 Å². The van der Waals surface area contributed by atoms with Gasteiger partial charge in [0, 0.05) is 18.8 Å². The molecule has 3 aromatic rings. The molecule has 0 aliphatic rings. The van der Waals surface area contributed by atoms with Crippen molar-refractivity contribution in [2.24, 2.45) is 0 Å². The summed E-state index contributed by atoms with van der Waals surface area (Å²) in [6.45, 7) is 4.24. The standard InChI is InChI=1S/C23H24F3N3O4/c1-14(2)22-16(13-29(28-22)20-7-5-17(12-27-20)23(24,25)26)8-9-33-18-6-4-15(11-21(30)31)10-19(18)32-3/h4-7,10,12-14H,8-9,11H2,1-3H3,(H,30,31). The number of nitrogens with zero attached hydrogens (tertiary/aromatic N) is 3. The summed E-state index contributed by atoms with van der Waals surface area (Å²) in [6, 6.07) is 7.21. The third-order valence-corrected chi connectivity index (χ3v) is 4.89. The molecule has 2 aromatic heterocycles. The third kappa shape index (κ3) is 6.03. The molecule has 0 spiro atoms. The van der Waals surface area contributed by atoms with Gasteiger partial charge in [-0.3, -0.25) is 4.79 Å². The molecule has 0 aliphatic heterocycles. The number of benzene rings is 1. The molecule has 7 nitrogen and oxygen atoms in total. The predicted octanol–water partition coefficient (Wildman–Crippen LogP) is 4.67. The van der Waals surface area contributed by atoms with Gasteiger partial charge >= 0.3 is 12.1 Å². The number of rotatable bonds is 9. The Balaban J connectivity index is 1.74. The van der Waals surface area contributed by atoms with Gasteiger partial charge in [-0.2, -0.15) is 18.3 Å². The van der Waals surface area contributed by atoms with Crippen molar-refractivity contribution in [2.45, 2.75) is 38.8 Å². The van der Waals surface area contributed by atoms with E-state index in [-0.39, 0.29) is 18.2 Å². The fourth-order valence-electron chi connectivity index (χ4n) is 3.30. The second-order valence-electron chi connectivity index (χ2n) is 7.70. The lowest BCUT2D eigenvalue weighted by molar-refractivity contribution is -0.138. The minimum Gasteiger partial charge on any atom is -0.493 e. The number of aromatic nitrogens is 3. The highest BCUT2D eigenvalue weighted by Crippen LogP contribution is 2.30. The SMILES string of the molecule is COc1cc(CC(=O)O)ccc1OCCc1cn(-c2ccc(C(F)(F)F)cn2)nc1C(C)C. The summed E-state index contributed by atoms with van der Waals surface area (Å²) in [7, 11) is 1.48. The maximum atomic E-state index is 12.8. The molecule has 10 heteroatoms. The van der Waals surface area contributed by atoms with E-state index >= 15 is 0 Å². The number of carbonyl (C=O) groups is 1. The molecule has 0 saturated heterocycles. The van der Waals surface area contributed by atoms with E-state index in [1.807, 2.05) is 13.8 Å². The van der Waals surface area contributed by atoms with Crippen molar-refractivity contribution in [2.75, 3.05) is 13.7 Å². The first-order valence-corrected chi connectivity index (χ1v) is 10.2. The van der Waals surface area contributed by atoms with Crippen molar-refractivity contribution in [3.8, 4) is 17.3 Å². The molecular weight excluding hydrogens is 439 g/mol. The first-order valence-electron chi connectivity index (χ1n) is 10.2. The van der Waals surface area contributed by atoms with Gasteiger partial charge in [0.25, 0.3) is 0 Å². The lowest BCUT2D eigenvalue weighted by Gasteiger charge is -2.12. The molecule has 0 radical (unpaired) electrons. The third-order valence-electron chi connectivity index (χ3n) is 4.89. The molecule has 0 fully saturated rings. The lowest BCUT2D eigenvalue weighted by Crippen LogP contribution is -2.07. The number of hydrogen-bond acceptors (Lipinski definition) is 5. The van der Waals surface area contributed by atoms with Gasteiger partial charge in [0.2, 0.25) is 0 Å². The van der Waals surface area contributed by atoms with E-state index in [4.69, 9.17) is 14.6 Å². The van der Waals surface area contributed by atoms with Gasteiger partial charge < -0.3 is 14.6 Å². The average molecular weight is 463 g/mol. The summed E-state index contributed by atoms with van der Waals surface area (Å²) in [5, 5.41) is 13.4. The van der Waals surface area contributed by atoms with Crippen LogP contribution in [0, 0.1) is 0 Å². The van der Waals surface area contributed by atoms with Crippen molar-refractivity contribution in [1.82, 2.24) is 14.8 Å². The molecule has 0 unspecified atom stereocenters. The number of aliphatic carboxylic acids is 1. The Kier molecular flexibility index (Phi) is 7.25. The Morgan fingerprint density at radius 1 is 1.18 bits per heavy atom.